The van der Waals surface area contributed by atoms with Crippen LogP contribution in [0.5, 0.6) is 0 Å². The Balaban J connectivity index is 2.67. The topological polar surface area (TPSA) is 66.4 Å². The van der Waals surface area contributed by atoms with Gasteiger partial charge in [-0.1, -0.05) is 41.9 Å². The van der Waals surface area contributed by atoms with E-state index in [-0.39, 0.29) is 5.92 Å². The smallest absolute Gasteiger partial charge is 0.326 e. The third-order valence-electron chi connectivity index (χ3n) is 2.51. The molecular weight excluding hydrogens is 310 g/mol. The van der Waals surface area contributed by atoms with Gasteiger partial charge in [-0.25, -0.2) is 4.79 Å². The van der Waals surface area contributed by atoms with Crippen molar-refractivity contribution in [2.24, 2.45) is 5.92 Å². The zero-order chi connectivity index (χ0) is 14.4. The first kappa shape index (κ1) is 15.4. The summed E-state index contributed by atoms with van der Waals surface area (Å²) < 4.78 is 0.917. The Kier molecular flexibility index (Phi) is 5.76. The molecule has 1 rings (SSSR count). The maximum absolute atomic E-state index is 11.6. The fraction of sp³-hybridized carbons (Fsp3) is 0.286. The Labute approximate surface area is 120 Å². The van der Waals surface area contributed by atoms with Crippen LogP contribution in [0.2, 0.25) is 0 Å². The van der Waals surface area contributed by atoms with Crippen molar-refractivity contribution in [1.82, 2.24) is 5.32 Å². The van der Waals surface area contributed by atoms with Crippen molar-refractivity contribution in [2.45, 2.75) is 19.9 Å². The SMILES string of the molecule is CC(C)[C@@H](NC(=O)/C=C/c1cccc(Br)c1)C(=O)O. The molecule has 0 aliphatic heterocycles. The van der Waals surface area contributed by atoms with Crippen LogP contribution in [0.25, 0.3) is 6.08 Å². The lowest BCUT2D eigenvalue weighted by Gasteiger charge is -2.16. The Morgan fingerprint density at radius 1 is 1.37 bits per heavy atom. The second kappa shape index (κ2) is 7.09. The molecule has 0 aliphatic rings. The van der Waals surface area contributed by atoms with E-state index in [4.69, 9.17) is 5.11 Å². The molecule has 1 aromatic carbocycles. The fourth-order valence-electron chi connectivity index (χ4n) is 1.50. The van der Waals surface area contributed by atoms with Gasteiger partial charge in [0.25, 0.3) is 0 Å². The van der Waals surface area contributed by atoms with E-state index in [1.165, 1.54) is 6.08 Å². The molecule has 19 heavy (non-hydrogen) atoms. The number of halogens is 1. The van der Waals surface area contributed by atoms with Gasteiger partial charge in [0.2, 0.25) is 5.91 Å². The van der Waals surface area contributed by atoms with E-state index in [9.17, 15) is 9.59 Å². The highest BCUT2D eigenvalue weighted by Gasteiger charge is 2.22. The summed E-state index contributed by atoms with van der Waals surface area (Å²) in [6.45, 7) is 3.49. The number of amides is 1. The van der Waals surface area contributed by atoms with Crippen LogP contribution >= 0.6 is 15.9 Å². The maximum Gasteiger partial charge on any atom is 0.326 e. The minimum Gasteiger partial charge on any atom is -0.480 e. The lowest BCUT2D eigenvalue weighted by Crippen LogP contribution is -2.43. The minimum absolute atomic E-state index is 0.166. The lowest BCUT2D eigenvalue weighted by molar-refractivity contribution is -0.142. The molecule has 0 heterocycles. The molecule has 0 saturated heterocycles. The summed E-state index contributed by atoms with van der Waals surface area (Å²) in [5.74, 6) is -1.61. The first-order chi connectivity index (χ1) is 8.90. The molecule has 0 bridgehead atoms. The lowest BCUT2D eigenvalue weighted by atomic mass is 10.0. The van der Waals surface area contributed by atoms with Crippen molar-refractivity contribution >= 4 is 33.9 Å². The van der Waals surface area contributed by atoms with E-state index in [0.717, 1.165) is 10.0 Å². The van der Waals surface area contributed by atoms with Crippen molar-refractivity contribution in [3.63, 3.8) is 0 Å². The number of benzene rings is 1. The van der Waals surface area contributed by atoms with Gasteiger partial charge in [-0.15, -0.1) is 0 Å². The quantitative estimate of drug-likeness (QED) is 0.818. The van der Waals surface area contributed by atoms with E-state index in [1.54, 1.807) is 19.9 Å². The first-order valence-electron chi connectivity index (χ1n) is 5.87. The van der Waals surface area contributed by atoms with Gasteiger partial charge in [-0.3, -0.25) is 4.79 Å². The van der Waals surface area contributed by atoms with Gasteiger partial charge in [-0.05, 0) is 29.7 Å². The Morgan fingerprint density at radius 2 is 2.05 bits per heavy atom. The van der Waals surface area contributed by atoms with E-state index in [0.29, 0.717) is 0 Å². The summed E-state index contributed by atoms with van der Waals surface area (Å²) in [5.41, 5.74) is 0.862. The van der Waals surface area contributed by atoms with Crippen LogP contribution in [-0.4, -0.2) is 23.0 Å². The van der Waals surface area contributed by atoms with Crippen LogP contribution in [0.15, 0.2) is 34.8 Å². The van der Waals surface area contributed by atoms with Crippen LogP contribution in [0.3, 0.4) is 0 Å². The second-order valence-corrected chi connectivity index (χ2v) is 5.37. The Hall–Kier alpha value is -1.62. The van der Waals surface area contributed by atoms with E-state index in [2.05, 4.69) is 21.2 Å². The summed E-state index contributed by atoms with van der Waals surface area (Å²) in [6, 6.07) is 6.58. The molecule has 2 N–H and O–H groups in total. The fourth-order valence-corrected chi connectivity index (χ4v) is 1.91. The van der Waals surface area contributed by atoms with Crippen molar-refractivity contribution in [3.8, 4) is 0 Å². The molecule has 0 unspecified atom stereocenters. The average Bonchev–Trinajstić information content (AvgIpc) is 2.32. The number of hydrogen-bond donors (Lipinski definition) is 2. The predicted octanol–water partition coefficient (Wildman–Crippen LogP) is 2.69. The largest absolute Gasteiger partial charge is 0.480 e. The number of aliphatic carboxylic acids is 1. The highest BCUT2D eigenvalue weighted by molar-refractivity contribution is 9.10. The third-order valence-corrected chi connectivity index (χ3v) is 3.00. The summed E-state index contributed by atoms with van der Waals surface area (Å²) in [5, 5.41) is 11.4. The average molecular weight is 326 g/mol. The van der Waals surface area contributed by atoms with Gasteiger partial charge in [0.05, 0.1) is 0 Å². The monoisotopic (exact) mass is 325 g/mol. The van der Waals surface area contributed by atoms with Crippen LogP contribution in [0, 0.1) is 5.92 Å². The zero-order valence-corrected chi connectivity index (χ0v) is 12.3. The molecule has 0 fully saturated rings. The molecule has 0 saturated carbocycles. The maximum atomic E-state index is 11.6. The van der Waals surface area contributed by atoms with Gasteiger partial charge in [0.1, 0.15) is 6.04 Å². The van der Waals surface area contributed by atoms with Gasteiger partial charge in [0, 0.05) is 10.5 Å². The van der Waals surface area contributed by atoms with E-state index >= 15 is 0 Å². The molecule has 0 aliphatic carbocycles. The van der Waals surface area contributed by atoms with Crippen molar-refractivity contribution < 1.29 is 14.7 Å². The molecule has 5 heteroatoms. The van der Waals surface area contributed by atoms with Crippen LogP contribution in [0.4, 0.5) is 0 Å². The van der Waals surface area contributed by atoms with E-state index in [1.807, 2.05) is 24.3 Å². The molecule has 4 nitrogen and oxygen atoms in total. The van der Waals surface area contributed by atoms with Crippen LogP contribution in [-0.2, 0) is 9.59 Å². The molecule has 0 aromatic heterocycles. The summed E-state index contributed by atoms with van der Waals surface area (Å²) in [4.78, 5) is 22.6. The number of carbonyl (C=O) groups excluding carboxylic acids is 1. The molecule has 1 atom stereocenters. The molecular formula is C14H16BrNO3. The molecule has 0 spiro atoms. The van der Waals surface area contributed by atoms with E-state index < -0.39 is 17.9 Å². The second-order valence-electron chi connectivity index (χ2n) is 4.46. The first-order valence-corrected chi connectivity index (χ1v) is 6.66. The number of carboxylic acids is 1. The predicted molar refractivity (Wildman–Crippen MR) is 77.6 cm³/mol. The Morgan fingerprint density at radius 3 is 2.58 bits per heavy atom. The van der Waals surface area contributed by atoms with Crippen molar-refractivity contribution in [1.29, 1.82) is 0 Å². The standard InChI is InChI=1S/C14H16BrNO3/c1-9(2)13(14(18)19)16-12(17)7-6-10-4-3-5-11(15)8-10/h3-9,13H,1-2H3,(H,16,17)(H,18,19)/b7-6+/t13-/m1/s1. The summed E-state index contributed by atoms with van der Waals surface area (Å²) >= 11 is 3.34. The number of carboxylic acid groups (broad SMARTS) is 1. The number of nitrogens with one attached hydrogen (secondary N) is 1. The van der Waals surface area contributed by atoms with Crippen LogP contribution in [0.1, 0.15) is 19.4 Å². The normalized spacial score (nSPS) is 12.6. The van der Waals surface area contributed by atoms with Gasteiger partial charge in [-0.2, -0.15) is 0 Å². The van der Waals surface area contributed by atoms with Gasteiger partial charge >= 0.3 is 5.97 Å². The highest BCUT2D eigenvalue weighted by Crippen LogP contribution is 2.12. The molecule has 0 radical (unpaired) electrons. The number of hydrogen-bond acceptors (Lipinski definition) is 2. The Bertz CT molecular complexity index is 497. The molecule has 1 amide bonds. The highest BCUT2D eigenvalue weighted by atomic mass is 79.9. The summed E-state index contributed by atoms with van der Waals surface area (Å²) in [7, 11) is 0. The minimum atomic E-state index is -1.03. The van der Waals surface area contributed by atoms with Crippen molar-refractivity contribution in [3.05, 3.63) is 40.4 Å². The van der Waals surface area contributed by atoms with Crippen molar-refractivity contribution in [2.75, 3.05) is 0 Å². The number of rotatable bonds is 5. The molecule has 102 valence electrons. The third kappa shape index (κ3) is 5.26. The number of carbonyl (C=O) groups is 2. The molecule has 1 aromatic rings. The zero-order valence-electron chi connectivity index (χ0n) is 10.8. The van der Waals surface area contributed by atoms with Gasteiger partial charge in [0.15, 0.2) is 0 Å². The summed E-state index contributed by atoms with van der Waals surface area (Å²) in [6.07, 6.45) is 2.97. The van der Waals surface area contributed by atoms with Crippen LogP contribution < -0.4 is 5.32 Å². The van der Waals surface area contributed by atoms with Gasteiger partial charge < -0.3 is 10.4 Å².